The van der Waals surface area contributed by atoms with E-state index in [4.69, 9.17) is 0 Å². The molecule has 1 nitrogen and oxygen atoms in total. The largest absolute Gasteiger partial charge is 0.311 e. The summed E-state index contributed by atoms with van der Waals surface area (Å²) in [5.74, 6) is 0. The Kier molecular flexibility index (Phi) is 4.23. The Bertz CT molecular complexity index is 219. The third-order valence-corrected chi connectivity index (χ3v) is 5.84. The summed E-state index contributed by atoms with van der Waals surface area (Å²) in [5, 5.41) is 4.88. The molecule has 0 aromatic rings. The van der Waals surface area contributed by atoms with Crippen LogP contribution in [-0.2, 0) is 0 Å². The second-order valence-corrected chi connectivity index (χ2v) is 7.45. The molecule has 94 valence electrons. The Hall–Kier alpha value is 0.310. The SMILES string of the molecule is CSC1CCC(NC2CCCC2(C)C)CC1. The summed E-state index contributed by atoms with van der Waals surface area (Å²) in [6, 6.07) is 1.59. The van der Waals surface area contributed by atoms with Crippen molar-refractivity contribution in [2.24, 2.45) is 5.41 Å². The first-order chi connectivity index (χ1) is 7.62. The van der Waals surface area contributed by atoms with Crippen LogP contribution in [0.3, 0.4) is 0 Å². The number of thioether (sulfide) groups is 1. The molecule has 2 rings (SSSR count). The van der Waals surface area contributed by atoms with E-state index in [1.165, 1.54) is 44.9 Å². The van der Waals surface area contributed by atoms with Gasteiger partial charge < -0.3 is 5.32 Å². The lowest BCUT2D eigenvalue weighted by Crippen LogP contribution is -2.45. The van der Waals surface area contributed by atoms with Crippen molar-refractivity contribution in [2.75, 3.05) is 6.26 Å². The van der Waals surface area contributed by atoms with Gasteiger partial charge in [0, 0.05) is 17.3 Å². The van der Waals surface area contributed by atoms with Crippen LogP contribution in [0.25, 0.3) is 0 Å². The van der Waals surface area contributed by atoms with Crippen LogP contribution in [0, 0.1) is 5.41 Å². The molecule has 2 aliphatic rings. The molecule has 1 N–H and O–H groups in total. The van der Waals surface area contributed by atoms with Crippen LogP contribution < -0.4 is 5.32 Å². The van der Waals surface area contributed by atoms with Crippen molar-refractivity contribution >= 4 is 11.8 Å². The van der Waals surface area contributed by atoms with Crippen LogP contribution >= 0.6 is 11.8 Å². The van der Waals surface area contributed by atoms with Gasteiger partial charge in [0.15, 0.2) is 0 Å². The molecule has 0 bridgehead atoms. The Labute approximate surface area is 105 Å². The summed E-state index contributed by atoms with van der Waals surface area (Å²) in [7, 11) is 0. The highest BCUT2D eigenvalue weighted by atomic mass is 32.2. The average Bonchev–Trinajstić information content (AvgIpc) is 2.59. The summed E-state index contributed by atoms with van der Waals surface area (Å²) in [6.45, 7) is 4.87. The molecule has 1 atom stereocenters. The van der Waals surface area contributed by atoms with Crippen molar-refractivity contribution < 1.29 is 0 Å². The molecule has 0 amide bonds. The molecule has 2 fully saturated rings. The lowest BCUT2D eigenvalue weighted by Gasteiger charge is -2.35. The van der Waals surface area contributed by atoms with Gasteiger partial charge >= 0.3 is 0 Å². The summed E-state index contributed by atoms with van der Waals surface area (Å²) in [5.41, 5.74) is 0.538. The summed E-state index contributed by atoms with van der Waals surface area (Å²) in [6.07, 6.45) is 12.1. The van der Waals surface area contributed by atoms with E-state index in [0.29, 0.717) is 5.41 Å². The van der Waals surface area contributed by atoms with Crippen molar-refractivity contribution in [1.82, 2.24) is 5.32 Å². The van der Waals surface area contributed by atoms with Gasteiger partial charge in [-0.2, -0.15) is 11.8 Å². The van der Waals surface area contributed by atoms with Crippen molar-refractivity contribution in [3.8, 4) is 0 Å². The smallest absolute Gasteiger partial charge is 0.0121 e. The van der Waals surface area contributed by atoms with Gasteiger partial charge in [0.1, 0.15) is 0 Å². The van der Waals surface area contributed by atoms with Gasteiger partial charge in [0.05, 0.1) is 0 Å². The van der Waals surface area contributed by atoms with Crippen molar-refractivity contribution in [3.05, 3.63) is 0 Å². The number of hydrogen-bond acceptors (Lipinski definition) is 2. The normalized spacial score (nSPS) is 38.8. The summed E-state index contributed by atoms with van der Waals surface area (Å²) >= 11 is 2.06. The maximum absolute atomic E-state index is 3.94. The minimum Gasteiger partial charge on any atom is -0.311 e. The van der Waals surface area contributed by atoms with Gasteiger partial charge in [-0.15, -0.1) is 0 Å². The molecule has 0 heterocycles. The second kappa shape index (κ2) is 5.30. The van der Waals surface area contributed by atoms with Crippen molar-refractivity contribution in [3.63, 3.8) is 0 Å². The second-order valence-electron chi connectivity index (χ2n) is 6.31. The fraction of sp³-hybridized carbons (Fsp3) is 1.00. The van der Waals surface area contributed by atoms with E-state index in [9.17, 15) is 0 Å². The molecule has 0 aliphatic heterocycles. The lowest BCUT2D eigenvalue weighted by atomic mass is 9.85. The Balaban J connectivity index is 1.78. The monoisotopic (exact) mass is 241 g/mol. The Morgan fingerprint density at radius 2 is 1.75 bits per heavy atom. The standard InChI is InChI=1S/C14H27NS/c1-14(2)10-4-5-13(14)15-11-6-8-12(16-3)9-7-11/h11-13,15H,4-10H2,1-3H3. The van der Waals surface area contributed by atoms with Crippen LogP contribution in [-0.4, -0.2) is 23.6 Å². The van der Waals surface area contributed by atoms with Crippen LogP contribution in [0.15, 0.2) is 0 Å². The fourth-order valence-electron chi connectivity index (χ4n) is 3.39. The summed E-state index contributed by atoms with van der Waals surface area (Å²) < 4.78 is 0. The molecule has 0 aromatic heterocycles. The third kappa shape index (κ3) is 2.95. The highest BCUT2D eigenvalue weighted by Crippen LogP contribution is 2.38. The highest BCUT2D eigenvalue weighted by Gasteiger charge is 2.35. The van der Waals surface area contributed by atoms with Gasteiger partial charge in [-0.1, -0.05) is 20.3 Å². The topological polar surface area (TPSA) is 12.0 Å². The first-order valence-electron chi connectivity index (χ1n) is 6.90. The van der Waals surface area contributed by atoms with E-state index < -0.39 is 0 Å². The fourth-order valence-corrected chi connectivity index (χ4v) is 4.13. The van der Waals surface area contributed by atoms with Gasteiger partial charge in [-0.05, 0) is 50.2 Å². The number of nitrogens with one attached hydrogen (secondary N) is 1. The molecule has 1 unspecified atom stereocenters. The van der Waals surface area contributed by atoms with Crippen molar-refractivity contribution in [1.29, 1.82) is 0 Å². The van der Waals surface area contributed by atoms with E-state index in [-0.39, 0.29) is 0 Å². The first kappa shape index (κ1) is 12.8. The molecule has 16 heavy (non-hydrogen) atoms. The average molecular weight is 241 g/mol. The van der Waals surface area contributed by atoms with E-state index >= 15 is 0 Å². The molecular formula is C14H27NS. The van der Waals surface area contributed by atoms with E-state index in [2.05, 4.69) is 37.2 Å². The van der Waals surface area contributed by atoms with Crippen LogP contribution in [0.5, 0.6) is 0 Å². The Morgan fingerprint density at radius 1 is 1.06 bits per heavy atom. The number of rotatable bonds is 3. The third-order valence-electron chi connectivity index (χ3n) is 4.70. The minimum atomic E-state index is 0.538. The molecule has 0 spiro atoms. The lowest BCUT2D eigenvalue weighted by molar-refractivity contribution is 0.239. The maximum Gasteiger partial charge on any atom is 0.0121 e. The molecule has 0 saturated heterocycles. The van der Waals surface area contributed by atoms with Crippen molar-refractivity contribution in [2.45, 2.75) is 76.1 Å². The van der Waals surface area contributed by atoms with Crippen LogP contribution in [0.1, 0.15) is 58.8 Å². The zero-order valence-corrected chi connectivity index (χ0v) is 11.9. The number of hydrogen-bond donors (Lipinski definition) is 1. The predicted molar refractivity (Wildman–Crippen MR) is 74.1 cm³/mol. The van der Waals surface area contributed by atoms with Gasteiger partial charge in [-0.3, -0.25) is 0 Å². The maximum atomic E-state index is 3.94. The zero-order valence-electron chi connectivity index (χ0n) is 11.1. The molecule has 0 aromatic carbocycles. The zero-order chi connectivity index (χ0) is 11.6. The van der Waals surface area contributed by atoms with Crippen LogP contribution in [0.4, 0.5) is 0 Å². The van der Waals surface area contributed by atoms with Gasteiger partial charge in [0.25, 0.3) is 0 Å². The van der Waals surface area contributed by atoms with E-state index in [1.807, 2.05) is 0 Å². The quantitative estimate of drug-likeness (QED) is 0.806. The molecular weight excluding hydrogens is 214 g/mol. The van der Waals surface area contributed by atoms with Crippen LogP contribution in [0.2, 0.25) is 0 Å². The molecule has 2 saturated carbocycles. The van der Waals surface area contributed by atoms with E-state index in [0.717, 1.165) is 17.3 Å². The Morgan fingerprint density at radius 3 is 2.25 bits per heavy atom. The molecule has 2 heteroatoms. The predicted octanol–water partition coefficient (Wildman–Crippen LogP) is 3.83. The molecule has 0 radical (unpaired) electrons. The van der Waals surface area contributed by atoms with Gasteiger partial charge in [0.2, 0.25) is 0 Å². The highest BCUT2D eigenvalue weighted by molar-refractivity contribution is 7.99. The van der Waals surface area contributed by atoms with Gasteiger partial charge in [-0.25, -0.2) is 0 Å². The summed E-state index contributed by atoms with van der Waals surface area (Å²) in [4.78, 5) is 0. The minimum absolute atomic E-state index is 0.538. The van der Waals surface area contributed by atoms with E-state index in [1.54, 1.807) is 0 Å². The first-order valence-corrected chi connectivity index (χ1v) is 8.19. The molecule has 2 aliphatic carbocycles.